The smallest absolute Gasteiger partial charge is 0.239 e. The summed E-state index contributed by atoms with van der Waals surface area (Å²) in [6.07, 6.45) is 1.39. The molecule has 0 aliphatic carbocycles. The minimum absolute atomic E-state index is 0.00331. The molecule has 0 radical (unpaired) electrons. The van der Waals surface area contributed by atoms with E-state index in [-0.39, 0.29) is 24.9 Å². The number of aliphatic hydroxyl groups is 1. The van der Waals surface area contributed by atoms with Crippen molar-refractivity contribution < 1.29 is 14.7 Å². The van der Waals surface area contributed by atoms with Crippen molar-refractivity contribution in [3.05, 3.63) is 33.8 Å². The molecule has 1 fully saturated rings. The first-order chi connectivity index (χ1) is 10.5. The molecule has 1 aliphatic heterocycles. The van der Waals surface area contributed by atoms with E-state index in [4.69, 9.17) is 23.2 Å². The van der Waals surface area contributed by atoms with E-state index in [0.717, 1.165) is 12.8 Å². The highest BCUT2D eigenvalue weighted by Gasteiger charge is 2.20. The van der Waals surface area contributed by atoms with E-state index in [1.807, 2.05) is 0 Å². The molecule has 1 aromatic carbocycles. The van der Waals surface area contributed by atoms with Crippen LogP contribution in [-0.4, -0.2) is 41.5 Å². The molecule has 1 aromatic rings. The van der Waals surface area contributed by atoms with E-state index in [1.165, 1.54) is 0 Å². The van der Waals surface area contributed by atoms with Crippen LogP contribution in [0.2, 0.25) is 10.0 Å². The zero-order valence-corrected chi connectivity index (χ0v) is 13.5. The Bertz CT molecular complexity index is 545. The minimum atomic E-state index is -0.905. The van der Waals surface area contributed by atoms with Crippen molar-refractivity contribution in [2.45, 2.75) is 25.4 Å². The highest BCUT2D eigenvalue weighted by molar-refractivity contribution is 6.34. The van der Waals surface area contributed by atoms with E-state index in [0.29, 0.717) is 28.6 Å². The highest BCUT2D eigenvalue weighted by Crippen LogP contribution is 2.23. The van der Waals surface area contributed by atoms with Gasteiger partial charge in [-0.15, -0.1) is 0 Å². The van der Waals surface area contributed by atoms with Crippen LogP contribution in [0, 0.1) is 0 Å². The third-order valence-electron chi connectivity index (χ3n) is 3.52. The Balaban J connectivity index is 1.83. The average molecular weight is 345 g/mol. The lowest BCUT2D eigenvalue weighted by Gasteiger charge is -2.26. The predicted molar refractivity (Wildman–Crippen MR) is 84.9 cm³/mol. The molecule has 2 amide bonds. The first-order valence-corrected chi connectivity index (χ1v) is 7.90. The number of halogens is 2. The van der Waals surface area contributed by atoms with Gasteiger partial charge in [0, 0.05) is 29.6 Å². The van der Waals surface area contributed by atoms with Gasteiger partial charge in [-0.05, 0) is 36.6 Å². The molecule has 5 nitrogen and oxygen atoms in total. The van der Waals surface area contributed by atoms with Gasteiger partial charge in [0.1, 0.15) is 0 Å². The first kappa shape index (κ1) is 17.1. The summed E-state index contributed by atoms with van der Waals surface area (Å²) in [4.78, 5) is 25.0. The number of likely N-dealkylation sites (tertiary alicyclic amines) is 1. The minimum Gasteiger partial charge on any atom is -0.387 e. The lowest BCUT2D eigenvalue weighted by molar-refractivity contribution is -0.137. The number of carbonyl (C=O) groups excluding carboxylic acids is 2. The van der Waals surface area contributed by atoms with Crippen LogP contribution in [0.5, 0.6) is 0 Å². The first-order valence-electron chi connectivity index (χ1n) is 7.14. The van der Waals surface area contributed by atoms with E-state index in [9.17, 15) is 14.7 Å². The summed E-state index contributed by atoms with van der Waals surface area (Å²) in [7, 11) is 0. The Labute approximate surface area is 139 Å². The number of hydrogen-bond donors (Lipinski definition) is 2. The number of aliphatic hydroxyl groups excluding tert-OH is 1. The zero-order valence-electron chi connectivity index (χ0n) is 12.0. The number of rotatable bonds is 5. The monoisotopic (exact) mass is 344 g/mol. The van der Waals surface area contributed by atoms with Crippen LogP contribution in [-0.2, 0) is 9.59 Å². The van der Waals surface area contributed by atoms with E-state index < -0.39 is 6.10 Å². The SMILES string of the molecule is O=C(CN1CCCCC1=O)NCC(O)c1cc(Cl)cc(Cl)c1. The maximum atomic E-state index is 11.9. The molecule has 1 saturated heterocycles. The van der Waals surface area contributed by atoms with Gasteiger partial charge in [-0.25, -0.2) is 0 Å². The molecule has 1 heterocycles. The second-order valence-electron chi connectivity index (χ2n) is 5.30. The summed E-state index contributed by atoms with van der Waals surface area (Å²) >= 11 is 11.7. The van der Waals surface area contributed by atoms with Crippen molar-refractivity contribution in [1.29, 1.82) is 0 Å². The summed E-state index contributed by atoms with van der Waals surface area (Å²) in [5.74, 6) is -0.286. The molecule has 0 spiro atoms. The lowest BCUT2D eigenvalue weighted by Crippen LogP contribution is -2.43. The third-order valence-corrected chi connectivity index (χ3v) is 3.95. The van der Waals surface area contributed by atoms with Crippen LogP contribution in [0.25, 0.3) is 0 Å². The molecule has 1 atom stereocenters. The second kappa shape index (κ2) is 7.81. The molecular weight excluding hydrogens is 327 g/mol. The lowest BCUT2D eigenvalue weighted by atomic mass is 10.1. The number of nitrogens with zero attached hydrogens (tertiary/aromatic N) is 1. The number of benzene rings is 1. The number of piperidine rings is 1. The molecule has 0 saturated carbocycles. The number of hydrogen-bond acceptors (Lipinski definition) is 3. The van der Waals surface area contributed by atoms with Gasteiger partial charge in [0.05, 0.1) is 12.6 Å². The van der Waals surface area contributed by atoms with Crippen LogP contribution >= 0.6 is 23.2 Å². The van der Waals surface area contributed by atoms with Crippen molar-refractivity contribution >= 4 is 35.0 Å². The van der Waals surface area contributed by atoms with E-state index >= 15 is 0 Å². The molecule has 2 N–H and O–H groups in total. The molecule has 0 bridgehead atoms. The summed E-state index contributed by atoms with van der Waals surface area (Å²) in [5, 5.41) is 13.5. The van der Waals surface area contributed by atoms with Crippen molar-refractivity contribution in [2.75, 3.05) is 19.6 Å². The average Bonchev–Trinajstić information content (AvgIpc) is 2.46. The maximum absolute atomic E-state index is 11.9. The Morgan fingerprint density at radius 1 is 1.27 bits per heavy atom. The Hall–Kier alpha value is -1.30. The van der Waals surface area contributed by atoms with Gasteiger partial charge in [-0.1, -0.05) is 23.2 Å². The van der Waals surface area contributed by atoms with Gasteiger partial charge in [0.25, 0.3) is 0 Å². The maximum Gasteiger partial charge on any atom is 0.239 e. The molecule has 2 rings (SSSR count). The molecule has 1 aliphatic rings. The van der Waals surface area contributed by atoms with Gasteiger partial charge < -0.3 is 15.3 Å². The molecule has 7 heteroatoms. The Morgan fingerprint density at radius 2 is 1.95 bits per heavy atom. The van der Waals surface area contributed by atoms with Crippen LogP contribution in [0.3, 0.4) is 0 Å². The Morgan fingerprint density at radius 3 is 2.59 bits per heavy atom. The van der Waals surface area contributed by atoms with Gasteiger partial charge in [-0.3, -0.25) is 9.59 Å². The van der Waals surface area contributed by atoms with Crippen LogP contribution in [0.15, 0.2) is 18.2 Å². The number of carbonyl (C=O) groups is 2. The zero-order chi connectivity index (χ0) is 16.1. The van der Waals surface area contributed by atoms with Crippen LogP contribution < -0.4 is 5.32 Å². The fourth-order valence-electron chi connectivity index (χ4n) is 2.35. The number of amides is 2. The van der Waals surface area contributed by atoms with Crippen molar-refractivity contribution in [3.63, 3.8) is 0 Å². The summed E-state index contributed by atoms with van der Waals surface area (Å²) < 4.78 is 0. The standard InChI is InChI=1S/C15H18Cl2N2O3/c16-11-5-10(6-12(17)7-11)13(20)8-18-14(21)9-19-4-2-1-3-15(19)22/h5-7,13,20H,1-4,8-9H2,(H,18,21). The molecule has 22 heavy (non-hydrogen) atoms. The van der Waals surface area contributed by atoms with Crippen LogP contribution in [0.4, 0.5) is 0 Å². The number of nitrogens with one attached hydrogen (secondary N) is 1. The molecule has 1 unspecified atom stereocenters. The van der Waals surface area contributed by atoms with Gasteiger partial charge >= 0.3 is 0 Å². The topological polar surface area (TPSA) is 69.6 Å². The summed E-state index contributed by atoms with van der Waals surface area (Å²) in [6.45, 7) is 0.679. The fourth-order valence-corrected chi connectivity index (χ4v) is 2.90. The normalized spacial score (nSPS) is 16.5. The summed E-state index contributed by atoms with van der Waals surface area (Å²) in [6, 6.07) is 4.76. The van der Waals surface area contributed by atoms with Gasteiger partial charge in [-0.2, -0.15) is 0 Å². The second-order valence-corrected chi connectivity index (χ2v) is 6.17. The van der Waals surface area contributed by atoms with Crippen LogP contribution in [0.1, 0.15) is 30.9 Å². The van der Waals surface area contributed by atoms with Gasteiger partial charge in [0.2, 0.25) is 11.8 Å². The fraction of sp³-hybridized carbons (Fsp3) is 0.467. The predicted octanol–water partition coefficient (Wildman–Crippen LogP) is 2.16. The largest absolute Gasteiger partial charge is 0.387 e. The summed E-state index contributed by atoms with van der Waals surface area (Å²) in [5.41, 5.74) is 0.534. The Kier molecular flexibility index (Phi) is 6.06. The molecular formula is C15H18Cl2N2O3. The molecule has 120 valence electrons. The third kappa shape index (κ3) is 4.87. The van der Waals surface area contributed by atoms with E-state index in [2.05, 4.69) is 5.32 Å². The quantitative estimate of drug-likeness (QED) is 0.859. The highest BCUT2D eigenvalue weighted by atomic mass is 35.5. The van der Waals surface area contributed by atoms with Crippen molar-refractivity contribution in [2.24, 2.45) is 0 Å². The van der Waals surface area contributed by atoms with Gasteiger partial charge in [0.15, 0.2) is 0 Å². The van der Waals surface area contributed by atoms with Crippen molar-refractivity contribution in [1.82, 2.24) is 10.2 Å². The van der Waals surface area contributed by atoms with Crippen molar-refractivity contribution in [3.8, 4) is 0 Å². The molecule has 0 aromatic heterocycles. The van der Waals surface area contributed by atoms with E-state index in [1.54, 1.807) is 23.1 Å².